The maximum absolute atomic E-state index is 12.6. The number of aryl methyl sites for hydroxylation is 2. The number of hydrogen-bond acceptors (Lipinski definition) is 3. The first kappa shape index (κ1) is 14.6. The first-order chi connectivity index (χ1) is 11.7. The number of anilines is 1. The first-order valence-corrected chi connectivity index (χ1v) is 8.11. The highest BCUT2D eigenvalue weighted by Crippen LogP contribution is 2.25. The minimum Gasteiger partial charge on any atom is -0.321 e. The minimum absolute atomic E-state index is 0.0675. The van der Waals surface area contributed by atoms with Crippen molar-refractivity contribution in [3.63, 3.8) is 0 Å². The van der Waals surface area contributed by atoms with Crippen molar-refractivity contribution in [2.45, 2.75) is 26.2 Å². The van der Waals surface area contributed by atoms with Crippen LogP contribution in [0.2, 0.25) is 0 Å². The van der Waals surface area contributed by atoms with Gasteiger partial charge in [0.1, 0.15) is 11.6 Å². The molecule has 0 atom stereocenters. The van der Waals surface area contributed by atoms with E-state index < -0.39 is 0 Å². The van der Waals surface area contributed by atoms with E-state index in [1.165, 1.54) is 11.1 Å². The normalized spacial score (nSPS) is 12.9. The third kappa shape index (κ3) is 2.58. The van der Waals surface area contributed by atoms with Gasteiger partial charge in [-0.3, -0.25) is 9.36 Å². The van der Waals surface area contributed by atoms with Crippen LogP contribution < -0.4 is 5.32 Å². The fourth-order valence-corrected chi connectivity index (χ4v) is 3.25. The SMILES string of the molecule is Cc1nccn1-c1ccc(NC(=O)c2cccc3c2CCC3)cn1. The summed E-state index contributed by atoms with van der Waals surface area (Å²) in [5.41, 5.74) is 3.96. The lowest BCUT2D eigenvalue weighted by atomic mass is 10.0. The number of amides is 1. The van der Waals surface area contributed by atoms with Crippen molar-refractivity contribution in [3.05, 3.63) is 71.4 Å². The molecule has 0 bridgehead atoms. The van der Waals surface area contributed by atoms with Crippen LogP contribution >= 0.6 is 0 Å². The summed E-state index contributed by atoms with van der Waals surface area (Å²) < 4.78 is 1.90. The summed E-state index contributed by atoms with van der Waals surface area (Å²) in [5.74, 6) is 1.59. The van der Waals surface area contributed by atoms with E-state index in [-0.39, 0.29) is 5.91 Å². The highest BCUT2D eigenvalue weighted by Gasteiger charge is 2.18. The van der Waals surface area contributed by atoms with Crippen molar-refractivity contribution in [3.8, 4) is 5.82 Å². The van der Waals surface area contributed by atoms with Crippen LogP contribution in [-0.4, -0.2) is 20.4 Å². The first-order valence-electron chi connectivity index (χ1n) is 8.11. The topological polar surface area (TPSA) is 59.8 Å². The lowest BCUT2D eigenvalue weighted by Crippen LogP contribution is -2.14. The maximum Gasteiger partial charge on any atom is 0.255 e. The molecule has 1 amide bonds. The minimum atomic E-state index is -0.0675. The number of benzene rings is 1. The Labute approximate surface area is 140 Å². The Kier molecular flexibility index (Phi) is 3.61. The van der Waals surface area contributed by atoms with Crippen molar-refractivity contribution >= 4 is 11.6 Å². The summed E-state index contributed by atoms with van der Waals surface area (Å²) in [5, 5.41) is 2.95. The van der Waals surface area contributed by atoms with Crippen LogP contribution in [0.4, 0.5) is 5.69 Å². The second kappa shape index (κ2) is 5.92. The fraction of sp³-hybridized carbons (Fsp3) is 0.211. The van der Waals surface area contributed by atoms with Crippen molar-refractivity contribution < 1.29 is 4.79 Å². The largest absolute Gasteiger partial charge is 0.321 e. The van der Waals surface area contributed by atoms with Crippen molar-refractivity contribution in [2.75, 3.05) is 5.32 Å². The molecule has 1 N–H and O–H groups in total. The maximum atomic E-state index is 12.6. The summed E-state index contributed by atoms with van der Waals surface area (Å²) in [4.78, 5) is 21.2. The second-order valence-corrected chi connectivity index (χ2v) is 6.00. The molecule has 0 radical (unpaired) electrons. The molecular formula is C19H18N4O. The van der Waals surface area contributed by atoms with Gasteiger partial charge in [-0.05, 0) is 55.5 Å². The Morgan fingerprint density at radius 3 is 2.83 bits per heavy atom. The molecule has 0 saturated heterocycles. The van der Waals surface area contributed by atoms with Gasteiger partial charge in [0.2, 0.25) is 0 Å². The van der Waals surface area contributed by atoms with E-state index in [1.54, 1.807) is 12.4 Å². The predicted octanol–water partition coefficient (Wildman–Crippen LogP) is 3.32. The Hall–Kier alpha value is -2.95. The number of nitrogens with zero attached hydrogens (tertiary/aromatic N) is 3. The molecule has 0 saturated carbocycles. The van der Waals surface area contributed by atoms with Gasteiger partial charge in [0, 0.05) is 18.0 Å². The Balaban J connectivity index is 1.55. The van der Waals surface area contributed by atoms with Crippen LogP contribution in [0.5, 0.6) is 0 Å². The summed E-state index contributed by atoms with van der Waals surface area (Å²) in [7, 11) is 0. The van der Waals surface area contributed by atoms with E-state index in [0.717, 1.165) is 36.5 Å². The Morgan fingerprint density at radius 1 is 1.17 bits per heavy atom. The second-order valence-electron chi connectivity index (χ2n) is 6.00. The van der Waals surface area contributed by atoms with Gasteiger partial charge in [-0.2, -0.15) is 0 Å². The number of fused-ring (bicyclic) bond motifs is 1. The molecule has 1 aliphatic carbocycles. The molecular weight excluding hydrogens is 300 g/mol. The smallest absolute Gasteiger partial charge is 0.255 e. The number of pyridine rings is 1. The predicted molar refractivity (Wildman–Crippen MR) is 92.5 cm³/mol. The van der Waals surface area contributed by atoms with Gasteiger partial charge >= 0.3 is 0 Å². The van der Waals surface area contributed by atoms with Gasteiger partial charge in [0.25, 0.3) is 5.91 Å². The molecule has 4 rings (SSSR count). The Morgan fingerprint density at radius 2 is 2.08 bits per heavy atom. The van der Waals surface area contributed by atoms with Crippen LogP contribution in [0.3, 0.4) is 0 Å². The van der Waals surface area contributed by atoms with Crippen LogP contribution in [0.25, 0.3) is 5.82 Å². The van der Waals surface area contributed by atoms with Crippen LogP contribution in [0.15, 0.2) is 48.9 Å². The van der Waals surface area contributed by atoms with E-state index in [2.05, 4.69) is 21.4 Å². The number of carbonyl (C=O) groups excluding carboxylic acids is 1. The molecule has 120 valence electrons. The molecule has 0 fully saturated rings. The van der Waals surface area contributed by atoms with Crippen molar-refractivity contribution in [1.82, 2.24) is 14.5 Å². The standard InChI is InChI=1S/C19H18N4O/c1-13-20-10-11-23(13)18-9-8-15(12-21-18)22-19(24)17-7-3-5-14-4-2-6-16(14)17/h3,5,7-12H,2,4,6H2,1H3,(H,22,24). The summed E-state index contributed by atoms with van der Waals surface area (Å²) in [6, 6.07) is 9.71. The lowest BCUT2D eigenvalue weighted by molar-refractivity contribution is 0.102. The molecule has 5 heteroatoms. The molecule has 2 heterocycles. The third-order valence-corrected chi connectivity index (χ3v) is 4.47. The average molecular weight is 318 g/mol. The molecule has 0 aliphatic heterocycles. The molecule has 5 nitrogen and oxygen atoms in total. The number of hydrogen-bond donors (Lipinski definition) is 1. The van der Waals surface area contributed by atoms with E-state index >= 15 is 0 Å². The van der Waals surface area contributed by atoms with Crippen molar-refractivity contribution in [2.24, 2.45) is 0 Å². The molecule has 3 aromatic rings. The zero-order valence-electron chi connectivity index (χ0n) is 13.5. The summed E-state index contributed by atoms with van der Waals surface area (Å²) in [6.45, 7) is 1.92. The Bertz CT molecular complexity index is 896. The van der Waals surface area contributed by atoms with Crippen molar-refractivity contribution in [1.29, 1.82) is 0 Å². The van der Waals surface area contributed by atoms with Crippen LogP contribution in [0, 0.1) is 6.92 Å². The monoisotopic (exact) mass is 318 g/mol. The van der Waals surface area contributed by atoms with E-state index in [1.807, 2.05) is 42.0 Å². The molecule has 1 aromatic carbocycles. The summed E-state index contributed by atoms with van der Waals surface area (Å²) in [6.07, 6.45) is 8.45. The molecule has 1 aliphatic rings. The molecule has 2 aromatic heterocycles. The third-order valence-electron chi connectivity index (χ3n) is 4.47. The number of rotatable bonds is 3. The van der Waals surface area contributed by atoms with Gasteiger partial charge in [0.05, 0.1) is 11.9 Å². The number of imidazole rings is 1. The van der Waals surface area contributed by atoms with E-state index in [9.17, 15) is 4.79 Å². The molecule has 24 heavy (non-hydrogen) atoms. The van der Waals surface area contributed by atoms with Gasteiger partial charge in [-0.15, -0.1) is 0 Å². The highest BCUT2D eigenvalue weighted by atomic mass is 16.1. The van der Waals surface area contributed by atoms with Gasteiger partial charge in [-0.1, -0.05) is 12.1 Å². The fourth-order valence-electron chi connectivity index (χ4n) is 3.25. The highest BCUT2D eigenvalue weighted by molar-refractivity contribution is 6.05. The quantitative estimate of drug-likeness (QED) is 0.806. The van der Waals surface area contributed by atoms with Gasteiger partial charge < -0.3 is 5.32 Å². The average Bonchev–Trinajstić information content (AvgIpc) is 3.24. The summed E-state index contributed by atoms with van der Waals surface area (Å²) >= 11 is 0. The lowest BCUT2D eigenvalue weighted by Gasteiger charge is -2.10. The van der Waals surface area contributed by atoms with E-state index in [0.29, 0.717) is 5.69 Å². The molecule has 0 unspecified atom stereocenters. The van der Waals surface area contributed by atoms with Crippen LogP contribution in [-0.2, 0) is 12.8 Å². The molecule has 0 spiro atoms. The zero-order valence-corrected chi connectivity index (χ0v) is 13.5. The van der Waals surface area contributed by atoms with Gasteiger partial charge in [-0.25, -0.2) is 9.97 Å². The number of aromatic nitrogens is 3. The zero-order chi connectivity index (χ0) is 16.5. The number of carbonyl (C=O) groups is 1. The van der Waals surface area contributed by atoms with Crippen LogP contribution in [0.1, 0.15) is 33.7 Å². The number of nitrogens with one attached hydrogen (secondary N) is 1. The van der Waals surface area contributed by atoms with Gasteiger partial charge in [0.15, 0.2) is 0 Å². The van der Waals surface area contributed by atoms with E-state index in [4.69, 9.17) is 0 Å².